The van der Waals surface area contributed by atoms with Crippen LogP contribution in [0.4, 0.5) is 5.69 Å². The van der Waals surface area contributed by atoms with E-state index in [1.165, 1.54) is 22.9 Å². The van der Waals surface area contributed by atoms with Crippen molar-refractivity contribution in [2.45, 2.75) is 32.4 Å². The van der Waals surface area contributed by atoms with Crippen molar-refractivity contribution in [2.24, 2.45) is 0 Å². The summed E-state index contributed by atoms with van der Waals surface area (Å²) >= 11 is 0. The first-order valence-electron chi connectivity index (χ1n) is 6.49. The normalized spacial score (nSPS) is 10.6. The summed E-state index contributed by atoms with van der Waals surface area (Å²) in [4.78, 5) is 21.7. The van der Waals surface area contributed by atoms with Gasteiger partial charge in [0, 0.05) is 37.6 Å². The van der Waals surface area contributed by atoms with Crippen molar-refractivity contribution >= 4 is 5.69 Å². The molecule has 2 rings (SSSR count). The molecule has 0 aliphatic carbocycles. The lowest BCUT2D eigenvalue weighted by Gasteiger charge is -2.05. The van der Waals surface area contributed by atoms with Gasteiger partial charge in [-0.25, -0.2) is 0 Å². The summed E-state index contributed by atoms with van der Waals surface area (Å²) in [7, 11) is 0. The molecule has 0 amide bonds. The lowest BCUT2D eigenvalue weighted by Crippen LogP contribution is -2.18. The number of hydrogen-bond acceptors (Lipinski definition) is 4. The lowest BCUT2D eigenvalue weighted by molar-refractivity contribution is -0.385. The SMILES string of the molecule is O=c1ccc([N+](=O)[O-])cn1CCCCCn1cccn1. The van der Waals surface area contributed by atoms with Gasteiger partial charge in [0.1, 0.15) is 0 Å². The molecule has 2 heterocycles. The number of nitrogens with zero attached hydrogens (tertiary/aromatic N) is 4. The van der Waals surface area contributed by atoms with Crippen LogP contribution >= 0.6 is 0 Å². The molecule has 2 aromatic heterocycles. The third-order valence-corrected chi connectivity index (χ3v) is 3.02. The maximum atomic E-state index is 11.6. The number of pyridine rings is 1. The summed E-state index contributed by atoms with van der Waals surface area (Å²) in [5, 5.41) is 14.8. The Hall–Kier alpha value is -2.44. The molecule has 0 spiro atoms. The summed E-state index contributed by atoms with van der Waals surface area (Å²) in [6.45, 7) is 1.34. The van der Waals surface area contributed by atoms with Crippen molar-refractivity contribution in [3.05, 3.63) is 57.3 Å². The molecule has 2 aromatic rings. The van der Waals surface area contributed by atoms with Crippen molar-refractivity contribution in [2.75, 3.05) is 0 Å². The fourth-order valence-electron chi connectivity index (χ4n) is 1.97. The van der Waals surface area contributed by atoms with Crippen LogP contribution in [0.25, 0.3) is 0 Å². The van der Waals surface area contributed by atoms with E-state index in [0.717, 1.165) is 25.8 Å². The molecule has 0 unspecified atom stereocenters. The van der Waals surface area contributed by atoms with Gasteiger partial charge in [-0.05, 0) is 25.3 Å². The van der Waals surface area contributed by atoms with E-state index in [0.29, 0.717) is 6.54 Å². The number of rotatable bonds is 7. The van der Waals surface area contributed by atoms with Crippen LogP contribution in [-0.2, 0) is 13.1 Å². The van der Waals surface area contributed by atoms with Gasteiger partial charge < -0.3 is 4.57 Å². The summed E-state index contributed by atoms with van der Waals surface area (Å²) in [6.07, 6.45) is 7.66. The van der Waals surface area contributed by atoms with Crippen LogP contribution in [-0.4, -0.2) is 19.3 Å². The highest BCUT2D eigenvalue weighted by atomic mass is 16.6. The first kappa shape index (κ1) is 14.0. The van der Waals surface area contributed by atoms with Gasteiger partial charge in [0.15, 0.2) is 0 Å². The standard InChI is InChI=1S/C13H16N4O3/c18-13-6-5-12(17(19)20)11-15(13)8-2-1-3-9-16-10-4-7-14-16/h4-7,10-11H,1-3,8-9H2. The van der Waals surface area contributed by atoms with E-state index in [1.54, 1.807) is 6.20 Å². The van der Waals surface area contributed by atoms with Gasteiger partial charge >= 0.3 is 0 Å². The summed E-state index contributed by atoms with van der Waals surface area (Å²) < 4.78 is 3.26. The van der Waals surface area contributed by atoms with Gasteiger partial charge in [-0.3, -0.25) is 19.6 Å². The van der Waals surface area contributed by atoms with E-state index in [-0.39, 0.29) is 11.2 Å². The van der Waals surface area contributed by atoms with Crippen molar-refractivity contribution < 1.29 is 4.92 Å². The highest BCUT2D eigenvalue weighted by molar-refractivity contribution is 5.24. The molecule has 20 heavy (non-hydrogen) atoms. The predicted molar refractivity (Wildman–Crippen MR) is 73.4 cm³/mol. The molecular formula is C13H16N4O3. The fourth-order valence-corrected chi connectivity index (χ4v) is 1.97. The maximum absolute atomic E-state index is 11.6. The first-order valence-corrected chi connectivity index (χ1v) is 6.49. The molecule has 7 heteroatoms. The summed E-state index contributed by atoms with van der Waals surface area (Å²) in [5.74, 6) is 0. The Morgan fingerprint density at radius 3 is 2.70 bits per heavy atom. The number of aromatic nitrogens is 3. The van der Waals surface area contributed by atoms with Crippen molar-refractivity contribution in [1.29, 1.82) is 0 Å². The van der Waals surface area contributed by atoms with Gasteiger partial charge in [-0.15, -0.1) is 0 Å². The zero-order valence-corrected chi connectivity index (χ0v) is 11.0. The van der Waals surface area contributed by atoms with E-state index in [2.05, 4.69) is 5.10 Å². The second kappa shape index (κ2) is 6.65. The molecule has 0 radical (unpaired) electrons. The van der Waals surface area contributed by atoms with Crippen LogP contribution in [0.2, 0.25) is 0 Å². The molecule has 0 aromatic carbocycles. The van der Waals surface area contributed by atoms with E-state index >= 15 is 0 Å². The van der Waals surface area contributed by atoms with E-state index in [4.69, 9.17) is 0 Å². The Morgan fingerprint density at radius 2 is 2.00 bits per heavy atom. The third kappa shape index (κ3) is 3.78. The van der Waals surface area contributed by atoms with E-state index in [1.807, 2.05) is 16.9 Å². The average Bonchev–Trinajstić information content (AvgIpc) is 2.93. The number of hydrogen-bond donors (Lipinski definition) is 0. The van der Waals surface area contributed by atoms with Gasteiger partial charge in [0.25, 0.3) is 11.2 Å². The second-order valence-electron chi connectivity index (χ2n) is 4.51. The van der Waals surface area contributed by atoms with Gasteiger partial charge in [0.05, 0.1) is 11.1 Å². The molecule has 0 saturated heterocycles. The minimum Gasteiger partial charge on any atom is -0.309 e. The highest BCUT2D eigenvalue weighted by Crippen LogP contribution is 2.07. The zero-order chi connectivity index (χ0) is 14.4. The highest BCUT2D eigenvalue weighted by Gasteiger charge is 2.07. The average molecular weight is 276 g/mol. The number of aryl methyl sites for hydroxylation is 2. The molecule has 0 saturated carbocycles. The quantitative estimate of drug-likeness (QED) is 0.439. The Labute approximate surface area is 115 Å². The van der Waals surface area contributed by atoms with Crippen molar-refractivity contribution in [3.63, 3.8) is 0 Å². The second-order valence-corrected chi connectivity index (χ2v) is 4.51. The topological polar surface area (TPSA) is 83.0 Å². The monoisotopic (exact) mass is 276 g/mol. The van der Waals surface area contributed by atoms with Crippen molar-refractivity contribution in [3.8, 4) is 0 Å². The van der Waals surface area contributed by atoms with Crippen LogP contribution in [0.1, 0.15) is 19.3 Å². The Bertz CT molecular complexity index is 619. The minimum absolute atomic E-state index is 0.0545. The zero-order valence-electron chi connectivity index (χ0n) is 11.0. The molecule has 0 aliphatic heterocycles. The van der Waals surface area contributed by atoms with E-state index < -0.39 is 4.92 Å². The molecule has 0 aliphatic rings. The number of unbranched alkanes of at least 4 members (excludes halogenated alkanes) is 2. The van der Waals surface area contributed by atoms with Gasteiger partial charge in [-0.2, -0.15) is 5.10 Å². The summed E-state index contributed by atoms with van der Waals surface area (Å²) in [6, 6.07) is 4.35. The summed E-state index contributed by atoms with van der Waals surface area (Å²) in [5.41, 5.74) is -0.260. The molecule has 0 bridgehead atoms. The minimum atomic E-state index is -0.492. The van der Waals surface area contributed by atoms with Crippen LogP contribution in [0.15, 0.2) is 41.6 Å². The lowest BCUT2D eigenvalue weighted by atomic mass is 10.2. The third-order valence-electron chi connectivity index (χ3n) is 3.02. The Balaban J connectivity index is 1.80. The predicted octanol–water partition coefficient (Wildman–Crippen LogP) is 1.82. The molecule has 0 atom stereocenters. The largest absolute Gasteiger partial charge is 0.309 e. The first-order chi connectivity index (χ1) is 9.66. The van der Waals surface area contributed by atoms with Gasteiger partial charge in [-0.1, -0.05) is 0 Å². The Morgan fingerprint density at radius 1 is 1.20 bits per heavy atom. The number of nitro groups is 1. The molecule has 106 valence electrons. The van der Waals surface area contributed by atoms with Crippen LogP contribution in [0.3, 0.4) is 0 Å². The molecule has 7 nitrogen and oxygen atoms in total. The Kier molecular flexibility index (Phi) is 4.65. The van der Waals surface area contributed by atoms with E-state index in [9.17, 15) is 14.9 Å². The molecular weight excluding hydrogens is 260 g/mol. The maximum Gasteiger partial charge on any atom is 0.285 e. The van der Waals surface area contributed by atoms with Crippen LogP contribution < -0.4 is 5.56 Å². The van der Waals surface area contributed by atoms with Crippen LogP contribution in [0, 0.1) is 10.1 Å². The van der Waals surface area contributed by atoms with Crippen molar-refractivity contribution in [1.82, 2.24) is 14.3 Å². The molecule has 0 fully saturated rings. The smallest absolute Gasteiger partial charge is 0.285 e. The van der Waals surface area contributed by atoms with Crippen LogP contribution in [0.5, 0.6) is 0 Å². The van der Waals surface area contributed by atoms with Gasteiger partial charge in [0.2, 0.25) is 0 Å². The molecule has 0 N–H and O–H groups in total. The fraction of sp³-hybridized carbons (Fsp3) is 0.385.